The molecule has 0 saturated carbocycles. The fourth-order valence-electron chi connectivity index (χ4n) is 2.71. The van der Waals surface area contributed by atoms with Crippen LogP contribution in [0.3, 0.4) is 0 Å². The van der Waals surface area contributed by atoms with Crippen LogP contribution in [0.15, 0.2) is 51.5 Å². The van der Waals surface area contributed by atoms with E-state index in [1.54, 1.807) is 12.3 Å². The van der Waals surface area contributed by atoms with Crippen LogP contribution in [0.5, 0.6) is 0 Å². The molecule has 0 radical (unpaired) electrons. The maximum Gasteiger partial charge on any atom is 0.283 e. The normalized spacial score (nSPS) is 14.2. The molecule has 3 heterocycles. The highest BCUT2D eigenvalue weighted by atomic mass is 16.4. The molecule has 6 nitrogen and oxygen atoms in total. The van der Waals surface area contributed by atoms with Crippen LogP contribution in [0.4, 0.5) is 11.4 Å². The van der Waals surface area contributed by atoms with Crippen molar-refractivity contribution in [1.82, 2.24) is 10.2 Å². The molecular weight excluding hydrogens is 280 g/mol. The molecule has 1 aromatic carbocycles. The van der Waals surface area contributed by atoms with Crippen molar-refractivity contribution in [3.63, 3.8) is 0 Å². The van der Waals surface area contributed by atoms with Crippen LogP contribution in [0, 0.1) is 0 Å². The molecular formula is C16H16N4O2. The first-order valence-corrected chi connectivity index (χ1v) is 7.22. The Bertz CT molecular complexity index is 766. The zero-order chi connectivity index (χ0) is 14.9. The minimum Gasteiger partial charge on any atom is -0.459 e. The third-order valence-corrected chi connectivity index (χ3v) is 3.86. The van der Waals surface area contributed by atoms with Crippen LogP contribution in [0.25, 0.3) is 11.7 Å². The maximum atomic E-state index is 5.70. The van der Waals surface area contributed by atoms with E-state index in [1.807, 2.05) is 12.1 Å². The van der Waals surface area contributed by atoms with Gasteiger partial charge in [-0.15, -0.1) is 10.2 Å². The van der Waals surface area contributed by atoms with Gasteiger partial charge >= 0.3 is 0 Å². The largest absolute Gasteiger partial charge is 0.459 e. The van der Waals surface area contributed by atoms with Crippen molar-refractivity contribution >= 4 is 11.4 Å². The number of hydrogen-bond acceptors (Lipinski definition) is 6. The van der Waals surface area contributed by atoms with Gasteiger partial charge in [0.1, 0.15) is 0 Å². The molecule has 4 rings (SSSR count). The van der Waals surface area contributed by atoms with Gasteiger partial charge in [0.2, 0.25) is 5.89 Å². The van der Waals surface area contributed by atoms with Crippen LogP contribution in [0.1, 0.15) is 5.89 Å². The zero-order valence-corrected chi connectivity index (χ0v) is 12.3. The summed E-state index contributed by atoms with van der Waals surface area (Å²) in [5.74, 6) is 1.60. The van der Waals surface area contributed by atoms with Gasteiger partial charge in [0.15, 0.2) is 5.76 Å². The second-order valence-electron chi connectivity index (χ2n) is 5.31. The van der Waals surface area contributed by atoms with Gasteiger partial charge in [-0.2, -0.15) is 0 Å². The average Bonchev–Trinajstić information content (AvgIpc) is 3.21. The highest BCUT2D eigenvalue weighted by Gasteiger charge is 2.22. The molecule has 0 aliphatic carbocycles. The predicted molar refractivity (Wildman–Crippen MR) is 82.8 cm³/mol. The summed E-state index contributed by atoms with van der Waals surface area (Å²) >= 11 is 0. The molecule has 0 saturated heterocycles. The van der Waals surface area contributed by atoms with Gasteiger partial charge < -0.3 is 18.6 Å². The van der Waals surface area contributed by atoms with Crippen LogP contribution >= 0.6 is 0 Å². The molecule has 0 N–H and O–H groups in total. The number of likely N-dealkylation sites (N-methyl/N-ethyl adjacent to an activating group) is 1. The van der Waals surface area contributed by atoms with E-state index in [4.69, 9.17) is 8.83 Å². The first kappa shape index (κ1) is 12.9. The molecule has 6 heteroatoms. The van der Waals surface area contributed by atoms with E-state index in [-0.39, 0.29) is 0 Å². The molecule has 112 valence electrons. The first-order chi connectivity index (χ1) is 10.8. The summed E-state index contributed by atoms with van der Waals surface area (Å²) in [4.78, 5) is 4.52. The summed E-state index contributed by atoms with van der Waals surface area (Å²) in [7, 11) is 2.11. The monoisotopic (exact) mass is 296 g/mol. The molecule has 0 bridgehead atoms. The lowest BCUT2D eigenvalue weighted by molar-refractivity contribution is 0.474. The Morgan fingerprint density at radius 3 is 2.73 bits per heavy atom. The van der Waals surface area contributed by atoms with E-state index in [0.29, 0.717) is 24.1 Å². The fraction of sp³-hybridized carbons (Fsp3) is 0.250. The lowest BCUT2D eigenvalue weighted by atomic mass is 10.2. The summed E-state index contributed by atoms with van der Waals surface area (Å²) in [5, 5.41) is 8.17. The molecule has 1 aliphatic heterocycles. The number of rotatable bonds is 3. The topological polar surface area (TPSA) is 58.5 Å². The van der Waals surface area contributed by atoms with E-state index < -0.39 is 0 Å². The van der Waals surface area contributed by atoms with Gasteiger partial charge in [0.25, 0.3) is 5.89 Å². The second-order valence-corrected chi connectivity index (χ2v) is 5.31. The van der Waals surface area contributed by atoms with Gasteiger partial charge in [-0.3, -0.25) is 0 Å². The maximum absolute atomic E-state index is 5.70. The number of aromatic nitrogens is 2. The minimum absolute atomic E-state index is 0.419. The lowest BCUT2D eigenvalue weighted by Crippen LogP contribution is -2.38. The third-order valence-electron chi connectivity index (χ3n) is 3.86. The fourth-order valence-corrected chi connectivity index (χ4v) is 2.71. The zero-order valence-electron chi connectivity index (χ0n) is 12.3. The Morgan fingerprint density at radius 2 is 1.91 bits per heavy atom. The Morgan fingerprint density at radius 1 is 1.05 bits per heavy atom. The summed E-state index contributed by atoms with van der Waals surface area (Å²) < 4.78 is 11.0. The van der Waals surface area contributed by atoms with Crippen molar-refractivity contribution in [3.05, 3.63) is 48.6 Å². The van der Waals surface area contributed by atoms with Gasteiger partial charge in [-0.25, -0.2) is 0 Å². The molecule has 0 fully saturated rings. The van der Waals surface area contributed by atoms with E-state index >= 15 is 0 Å². The minimum atomic E-state index is 0.419. The predicted octanol–water partition coefficient (Wildman–Crippen LogP) is 2.79. The number of furan rings is 1. The van der Waals surface area contributed by atoms with Crippen LogP contribution in [0.2, 0.25) is 0 Å². The number of benzene rings is 1. The smallest absolute Gasteiger partial charge is 0.283 e. The van der Waals surface area contributed by atoms with Crippen LogP contribution in [-0.4, -0.2) is 30.3 Å². The second kappa shape index (κ2) is 5.22. The highest BCUT2D eigenvalue weighted by molar-refractivity contribution is 5.72. The van der Waals surface area contributed by atoms with E-state index in [1.165, 1.54) is 11.4 Å². The quantitative estimate of drug-likeness (QED) is 0.740. The van der Waals surface area contributed by atoms with Crippen LogP contribution < -0.4 is 9.80 Å². The highest BCUT2D eigenvalue weighted by Crippen LogP contribution is 2.32. The Balaban J connectivity index is 1.58. The molecule has 22 heavy (non-hydrogen) atoms. The van der Waals surface area contributed by atoms with E-state index in [2.05, 4.69) is 45.2 Å². The SMILES string of the molecule is CN1CCN(Cc2nnc(-c3ccco3)o2)c2ccccc21. The van der Waals surface area contributed by atoms with Gasteiger partial charge in [-0.1, -0.05) is 12.1 Å². The lowest BCUT2D eigenvalue weighted by Gasteiger charge is -2.36. The van der Waals surface area contributed by atoms with Crippen molar-refractivity contribution in [2.45, 2.75) is 6.54 Å². The molecule has 0 spiro atoms. The number of para-hydroxylation sites is 2. The van der Waals surface area contributed by atoms with Crippen molar-refractivity contribution in [2.75, 3.05) is 29.9 Å². The van der Waals surface area contributed by atoms with Crippen molar-refractivity contribution in [1.29, 1.82) is 0 Å². The van der Waals surface area contributed by atoms with Crippen LogP contribution in [-0.2, 0) is 6.54 Å². The molecule has 0 amide bonds. The molecule has 3 aromatic rings. The summed E-state index contributed by atoms with van der Waals surface area (Å²) in [6, 6.07) is 12.0. The Labute approximate surface area is 128 Å². The average molecular weight is 296 g/mol. The standard InChI is InChI=1S/C16H16N4O2/c1-19-8-9-20(13-6-3-2-5-12(13)19)11-15-17-18-16(22-15)14-7-4-10-21-14/h2-7,10H,8-9,11H2,1H3. The molecule has 0 unspecified atom stereocenters. The number of fused-ring (bicyclic) bond motifs is 1. The van der Waals surface area contributed by atoms with Crippen molar-refractivity contribution in [2.24, 2.45) is 0 Å². The van der Waals surface area contributed by atoms with E-state index in [0.717, 1.165) is 13.1 Å². The number of hydrogen-bond donors (Lipinski definition) is 0. The van der Waals surface area contributed by atoms with Crippen molar-refractivity contribution in [3.8, 4) is 11.7 Å². The van der Waals surface area contributed by atoms with E-state index in [9.17, 15) is 0 Å². The number of anilines is 2. The Hall–Kier alpha value is -2.76. The molecule has 1 aliphatic rings. The number of nitrogens with zero attached hydrogens (tertiary/aromatic N) is 4. The van der Waals surface area contributed by atoms with Gasteiger partial charge in [-0.05, 0) is 24.3 Å². The van der Waals surface area contributed by atoms with Gasteiger partial charge in [0, 0.05) is 20.1 Å². The van der Waals surface area contributed by atoms with Crippen molar-refractivity contribution < 1.29 is 8.83 Å². The Kier molecular flexibility index (Phi) is 3.07. The summed E-state index contributed by atoms with van der Waals surface area (Å²) in [5.41, 5.74) is 2.41. The first-order valence-electron chi connectivity index (χ1n) is 7.22. The molecule has 2 aromatic heterocycles. The molecule has 0 atom stereocenters. The van der Waals surface area contributed by atoms with Gasteiger partial charge in [0.05, 0.1) is 24.2 Å². The summed E-state index contributed by atoms with van der Waals surface area (Å²) in [6.07, 6.45) is 1.59. The third kappa shape index (κ3) is 2.22. The summed E-state index contributed by atoms with van der Waals surface area (Å²) in [6.45, 7) is 2.49.